The molecular formula is C21H29NO5. The average Bonchev–Trinajstić information content (AvgIpc) is 2.58. The minimum atomic E-state index is -0.542. The number of amides is 1. The lowest BCUT2D eigenvalue weighted by Gasteiger charge is -2.47. The molecule has 0 spiro atoms. The summed E-state index contributed by atoms with van der Waals surface area (Å²) in [5.41, 5.74) is 1.10. The van der Waals surface area contributed by atoms with E-state index in [1.165, 1.54) is 0 Å². The summed E-state index contributed by atoms with van der Waals surface area (Å²) in [6, 6.07) is 5.29. The summed E-state index contributed by atoms with van der Waals surface area (Å²) in [6.45, 7) is 8.41. The van der Waals surface area contributed by atoms with E-state index in [1.54, 1.807) is 12.0 Å². The van der Waals surface area contributed by atoms with Crippen molar-refractivity contribution in [3.05, 3.63) is 29.3 Å². The molecule has 6 nitrogen and oxygen atoms in total. The molecule has 2 saturated heterocycles. The van der Waals surface area contributed by atoms with Crippen LogP contribution in [0.5, 0.6) is 5.75 Å². The van der Waals surface area contributed by atoms with Gasteiger partial charge in [-0.1, -0.05) is 0 Å². The number of morpholine rings is 1. The summed E-state index contributed by atoms with van der Waals surface area (Å²) in [7, 11) is 1.62. The third kappa shape index (κ3) is 4.26. The van der Waals surface area contributed by atoms with Crippen LogP contribution in [0.2, 0.25) is 0 Å². The zero-order chi connectivity index (χ0) is 19.8. The Morgan fingerprint density at radius 3 is 2.30 bits per heavy atom. The maximum Gasteiger partial charge on any atom is 0.410 e. The third-order valence-corrected chi connectivity index (χ3v) is 5.17. The van der Waals surface area contributed by atoms with Crippen LogP contribution in [-0.2, 0) is 9.47 Å². The molecule has 1 aromatic carbocycles. The number of carbonyl (C=O) groups excluding carboxylic acids is 2. The molecule has 2 aliphatic heterocycles. The Balaban J connectivity index is 1.75. The normalized spacial score (nSPS) is 25.1. The SMILES string of the molecule is COc1ccc(C(=O)C2CC3COCC(C2)N3C(=O)OC(C)(C)C)cc1C. The number of hydrogen-bond acceptors (Lipinski definition) is 5. The fraction of sp³-hybridized carbons (Fsp3) is 0.619. The minimum absolute atomic E-state index is 0.115. The number of methoxy groups -OCH3 is 1. The summed E-state index contributed by atoms with van der Waals surface area (Å²) in [6.07, 6.45) is 0.881. The van der Waals surface area contributed by atoms with Gasteiger partial charge in [0, 0.05) is 11.5 Å². The molecular weight excluding hydrogens is 346 g/mol. The first-order valence-corrected chi connectivity index (χ1v) is 9.47. The van der Waals surface area contributed by atoms with Crippen molar-refractivity contribution in [2.24, 2.45) is 5.92 Å². The molecule has 2 aliphatic rings. The predicted molar refractivity (Wildman–Crippen MR) is 101 cm³/mol. The average molecular weight is 375 g/mol. The van der Waals surface area contributed by atoms with Crippen molar-refractivity contribution in [1.82, 2.24) is 4.90 Å². The van der Waals surface area contributed by atoms with Crippen molar-refractivity contribution in [1.29, 1.82) is 0 Å². The number of ether oxygens (including phenoxy) is 3. The summed E-state index contributed by atoms with van der Waals surface area (Å²) in [5.74, 6) is 0.786. The second kappa shape index (κ2) is 7.50. The van der Waals surface area contributed by atoms with E-state index in [-0.39, 0.29) is 29.9 Å². The highest BCUT2D eigenvalue weighted by atomic mass is 16.6. The summed E-state index contributed by atoms with van der Waals surface area (Å²) in [4.78, 5) is 27.5. The molecule has 2 bridgehead atoms. The molecule has 0 saturated carbocycles. The number of benzene rings is 1. The molecule has 0 radical (unpaired) electrons. The summed E-state index contributed by atoms with van der Waals surface area (Å²) >= 11 is 0. The van der Waals surface area contributed by atoms with Crippen LogP contribution in [0.1, 0.15) is 49.5 Å². The molecule has 1 aromatic rings. The highest BCUT2D eigenvalue weighted by molar-refractivity contribution is 5.98. The molecule has 3 rings (SSSR count). The molecule has 0 N–H and O–H groups in total. The van der Waals surface area contributed by atoms with Crippen LogP contribution in [0.25, 0.3) is 0 Å². The molecule has 2 fully saturated rings. The van der Waals surface area contributed by atoms with Crippen LogP contribution in [0.4, 0.5) is 4.79 Å². The van der Waals surface area contributed by atoms with Gasteiger partial charge < -0.3 is 14.2 Å². The van der Waals surface area contributed by atoms with Gasteiger partial charge in [-0.25, -0.2) is 4.79 Å². The molecule has 2 atom stereocenters. The highest BCUT2D eigenvalue weighted by Gasteiger charge is 2.45. The Morgan fingerprint density at radius 1 is 1.15 bits per heavy atom. The third-order valence-electron chi connectivity index (χ3n) is 5.17. The van der Waals surface area contributed by atoms with Crippen LogP contribution in [0, 0.1) is 12.8 Å². The summed E-state index contributed by atoms with van der Waals surface area (Å²) < 4.78 is 16.5. The number of fused-ring (bicyclic) bond motifs is 2. The van der Waals surface area contributed by atoms with Gasteiger partial charge in [-0.3, -0.25) is 9.69 Å². The van der Waals surface area contributed by atoms with Gasteiger partial charge in [0.05, 0.1) is 32.4 Å². The first-order chi connectivity index (χ1) is 12.7. The van der Waals surface area contributed by atoms with Crippen LogP contribution >= 0.6 is 0 Å². The molecule has 1 amide bonds. The molecule has 0 aromatic heterocycles. The van der Waals surface area contributed by atoms with Crippen LogP contribution in [0.15, 0.2) is 18.2 Å². The number of nitrogens with zero attached hydrogens (tertiary/aromatic N) is 1. The lowest BCUT2D eigenvalue weighted by atomic mass is 9.80. The van der Waals surface area contributed by atoms with Crippen molar-refractivity contribution < 1.29 is 23.8 Å². The Hall–Kier alpha value is -2.08. The van der Waals surface area contributed by atoms with Crippen molar-refractivity contribution in [3.63, 3.8) is 0 Å². The quantitative estimate of drug-likeness (QED) is 0.755. The monoisotopic (exact) mass is 375 g/mol. The fourth-order valence-corrected chi connectivity index (χ4v) is 4.01. The van der Waals surface area contributed by atoms with Crippen molar-refractivity contribution in [2.45, 2.75) is 58.2 Å². The van der Waals surface area contributed by atoms with Gasteiger partial charge in [0.15, 0.2) is 5.78 Å². The standard InChI is InChI=1S/C21H29NO5/c1-13-8-14(6-7-18(13)25-5)19(23)15-9-16-11-26-12-17(10-15)22(16)20(24)27-21(2,3)4/h6-8,15-17H,9-12H2,1-5H3. The van der Waals surface area contributed by atoms with Crippen LogP contribution in [0.3, 0.4) is 0 Å². The second-order valence-electron chi connectivity index (χ2n) is 8.45. The predicted octanol–water partition coefficient (Wildman–Crippen LogP) is 3.60. The molecule has 0 aliphatic carbocycles. The van der Waals surface area contributed by atoms with Gasteiger partial charge in [-0.15, -0.1) is 0 Å². The minimum Gasteiger partial charge on any atom is -0.496 e. The lowest BCUT2D eigenvalue weighted by Crippen LogP contribution is -2.60. The van der Waals surface area contributed by atoms with E-state index in [0.29, 0.717) is 31.6 Å². The molecule has 6 heteroatoms. The van der Waals surface area contributed by atoms with E-state index in [4.69, 9.17) is 14.2 Å². The number of rotatable bonds is 3. The van der Waals surface area contributed by atoms with E-state index in [2.05, 4.69) is 0 Å². The summed E-state index contributed by atoms with van der Waals surface area (Å²) in [5, 5.41) is 0. The first kappa shape index (κ1) is 19.7. The Labute approximate surface area is 160 Å². The van der Waals surface area contributed by atoms with Crippen molar-refractivity contribution in [2.75, 3.05) is 20.3 Å². The molecule has 27 heavy (non-hydrogen) atoms. The van der Waals surface area contributed by atoms with Crippen LogP contribution < -0.4 is 4.74 Å². The topological polar surface area (TPSA) is 65.1 Å². The van der Waals surface area contributed by atoms with Gasteiger partial charge in [-0.05, 0) is 64.3 Å². The van der Waals surface area contributed by atoms with Gasteiger partial charge in [0.1, 0.15) is 11.4 Å². The molecule has 148 valence electrons. The van der Waals surface area contributed by atoms with Crippen LogP contribution in [-0.4, -0.2) is 54.8 Å². The Kier molecular flexibility index (Phi) is 5.47. The maximum absolute atomic E-state index is 13.1. The highest BCUT2D eigenvalue weighted by Crippen LogP contribution is 2.35. The van der Waals surface area contributed by atoms with E-state index >= 15 is 0 Å². The zero-order valence-corrected chi connectivity index (χ0v) is 16.8. The van der Waals surface area contributed by atoms with E-state index in [1.807, 2.05) is 45.9 Å². The zero-order valence-electron chi connectivity index (χ0n) is 16.8. The van der Waals surface area contributed by atoms with Crippen molar-refractivity contribution in [3.8, 4) is 5.75 Å². The number of aryl methyl sites for hydroxylation is 1. The van der Waals surface area contributed by atoms with E-state index in [0.717, 1.165) is 11.3 Å². The number of hydrogen-bond donors (Lipinski definition) is 0. The smallest absolute Gasteiger partial charge is 0.410 e. The van der Waals surface area contributed by atoms with Crippen molar-refractivity contribution >= 4 is 11.9 Å². The van der Waals surface area contributed by atoms with E-state index < -0.39 is 5.60 Å². The van der Waals surface area contributed by atoms with Gasteiger partial charge in [-0.2, -0.15) is 0 Å². The molecule has 2 unspecified atom stereocenters. The number of carbonyl (C=O) groups is 2. The maximum atomic E-state index is 13.1. The van der Waals surface area contributed by atoms with Gasteiger partial charge >= 0.3 is 6.09 Å². The number of Topliss-reactive ketones (excluding diaryl/α,β-unsaturated/α-hetero) is 1. The first-order valence-electron chi connectivity index (χ1n) is 9.47. The Bertz CT molecular complexity index is 710. The number of ketones is 1. The number of piperidine rings is 1. The van der Waals surface area contributed by atoms with E-state index in [9.17, 15) is 9.59 Å². The largest absolute Gasteiger partial charge is 0.496 e. The van der Waals surface area contributed by atoms with Gasteiger partial charge in [0.2, 0.25) is 0 Å². The molecule has 2 heterocycles. The second-order valence-corrected chi connectivity index (χ2v) is 8.45. The van der Waals surface area contributed by atoms with Gasteiger partial charge in [0.25, 0.3) is 0 Å². The lowest BCUT2D eigenvalue weighted by molar-refractivity contribution is -0.0861. The fourth-order valence-electron chi connectivity index (χ4n) is 4.01. The Morgan fingerprint density at radius 2 is 1.78 bits per heavy atom.